The summed E-state index contributed by atoms with van der Waals surface area (Å²) in [5, 5.41) is 2.74. The number of ether oxygens (including phenoxy) is 2. The van der Waals surface area contributed by atoms with Crippen molar-refractivity contribution in [2.24, 2.45) is 5.92 Å². The van der Waals surface area contributed by atoms with Crippen molar-refractivity contribution in [3.05, 3.63) is 108 Å². The van der Waals surface area contributed by atoms with Crippen LogP contribution in [0.2, 0.25) is 19.1 Å². The number of likely N-dealkylation sites (N-methyl/N-ethyl adjacent to an activating group) is 1. The topological polar surface area (TPSA) is 149 Å². The molecule has 3 amide bonds. The van der Waals surface area contributed by atoms with Crippen LogP contribution in [0, 0.1) is 5.92 Å². The monoisotopic (exact) mass is 830 g/mol. The standard InChI is InChI=1S/C46H58N8O5Si/c1-8-52(9-2)41(32-15-11-10-12-16-32)45(56)53-24-14-19-38(53)42-47-26-36(49-42)31-20-22-34(23-21-31)59-35-18-13-17-33(25-35)37-27-48-43(50-37)39-28-60(6,7)29-54(39)44(55)40(30(3)4)51-46(57)58-5/h10-13,15-18,20-23,25-27,30,38-41H,8-9,14,19,24,28-29H2,1-7H3,(H,47,49)(H,48,50)(H,51,57)/t38-,39-,40-,41+/m0/s1. The fourth-order valence-electron chi connectivity index (χ4n) is 8.70. The number of hydrogen-bond donors (Lipinski definition) is 3. The molecule has 2 fully saturated rings. The van der Waals surface area contributed by atoms with Crippen molar-refractivity contribution < 1.29 is 23.9 Å². The lowest BCUT2D eigenvalue weighted by Gasteiger charge is -2.34. The van der Waals surface area contributed by atoms with Gasteiger partial charge in [-0.25, -0.2) is 14.8 Å². The summed E-state index contributed by atoms with van der Waals surface area (Å²) in [7, 11) is -0.461. The van der Waals surface area contributed by atoms with Crippen LogP contribution in [0.4, 0.5) is 4.79 Å². The number of amides is 3. The van der Waals surface area contributed by atoms with E-state index < -0.39 is 20.2 Å². The van der Waals surface area contributed by atoms with Crippen LogP contribution in [0.5, 0.6) is 11.5 Å². The maximum atomic E-state index is 14.2. The number of H-pyrrole nitrogens is 2. The molecule has 14 heteroatoms. The maximum absolute atomic E-state index is 14.2. The van der Waals surface area contributed by atoms with E-state index in [1.807, 2.05) is 109 Å². The first kappa shape index (κ1) is 42.4. The van der Waals surface area contributed by atoms with Crippen molar-refractivity contribution in [2.75, 3.05) is 32.9 Å². The molecule has 0 saturated carbocycles. The lowest BCUT2D eigenvalue weighted by molar-refractivity contribution is -0.138. The molecule has 2 aliphatic rings. The van der Waals surface area contributed by atoms with E-state index in [-0.39, 0.29) is 35.9 Å². The van der Waals surface area contributed by atoms with Gasteiger partial charge in [-0.1, -0.05) is 83.3 Å². The van der Waals surface area contributed by atoms with Crippen LogP contribution in [0.25, 0.3) is 22.5 Å². The normalized spacial score (nSPS) is 18.5. The molecule has 60 heavy (non-hydrogen) atoms. The summed E-state index contributed by atoms with van der Waals surface area (Å²) in [4.78, 5) is 63.0. The zero-order valence-corrected chi connectivity index (χ0v) is 36.8. The van der Waals surface area contributed by atoms with E-state index >= 15 is 0 Å². The van der Waals surface area contributed by atoms with E-state index in [2.05, 4.69) is 47.1 Å². The second-order valence-electron chi connectivity index (χ2n) is 17.0. The highest BCUT2D eigenvalue weighted by Gasteiger charge is 2.46. The molecule has 13 nitrogen and oxygen atoms in total. The summed E-state index contributed by atoms with van der Waals surface area (Å²) in [6.07, 6.45) is 5.49. The van der Waals surface area contributed by atoms with Gasteiger partial charge in [-0.15, -0.1) is 0 Å². The highest BCUT2D eigenvalue weighted by atomic mass is 28.3. The largest absolute Gasteiger partial charge is 0.457 e. The second kappa shape index (κ2) is 18.3. The number of alkyl carbamates (subject to hydrolysis) is 1. The van der Waals surface area contributed by atoms with Gasteiger partial charge in [-0.2, -0.15) is 0 Å². The van der Waals surface area contributed by atoms with Crippen LogP contribution in [-0.4, -0.2) is 99.6 Å². The lowest BCUT2D eigenvalue weighted by atomic mass is 10.0. The van der Waals surface area contributed by atoms with Crippen LogP contribution in [-0.2, 0) is 14.3 Å². The number of rotatable bonds is 14. The number of likely N-dealkylation sites (tertiary alicyclic amines) is 1. The van der Waals surface area contributed by atoms with Crippen LogP contribution in [0.15, 0.2) is 91.3 Å². The first-order valence-corrected chi connectivity index (χ1v) is 24.5. The third-order valence-electron chi connectivity index (χ3n) is 11.8. The number of nitrogens with zero attached hydrogens (tertiary/aromatic N) is 5. The summed E-state index contributed by atoms with van der Waals surface area (Å²) < 4.78 is 11.1. The third-order valence-corrected chi connectivity index (χ3v) is 14.5. The Bertz CT molecular complexity index is 2250. The average Bonchev–Trinajstić information content (AvgIpc) is 4.09. The van der Waals surface area contributed by atoms with E-state index in [0.29, 0.717) is 24.2 Å². The zero-order valence-electron chi connectivity index (χ0n) is 35.8. The van der Waals surface area contributed by atoms with Gasteiger partial charge in [0.05, 0.1) is 51.0 Å². The summed E-state index contributed by atoms with van der Waals surface area (Å²) in [5.74, 6) is 2.76. The van der Waals surface area contributed by atoms with Gasteiger partial charge in [0, 0.05) is 18.3 Å². The molecule has 0 spiro atoms. The molecule has 5 aromatic rings. The van der Waals surface area contributed by atoms with Gasteiger partial charge in [0.25, 0.3) is 0 Å². The summed E-state index contributed by atoms with van der Waals surface area (Å²) in [6, 6.07) is 25.3. The molecule has 316 valence electrons. The molecule has 7 rings (SSSR count). The molecular weight excluding hydrogens is 773 g/mol. The fraction of sp³-hybridized carbons (Fsp3) is 0.413. The summed E-state index contributed by atoms with van der Waals surface area (Å²) in [5.41, 5.74) is 4.58. The number of hydrogen-bond acceptors (Lipinski definition) is 8. The minimum atomic E-state index is -1.76. The number of nitrogens with one attached hydrogen (secondary N) is 3. The number of benzene rings is 3. The minimum absolute atomic E-state index is 0.116. The Hall–Kier alpha value is -5.73. The highest BCUT2D eigenvalue weighted by Crippen LogP contribution is 2.39. The molecule has 0 aliphatic carbocycles. The van der Waals surface area contributed by atoms with Gasteiger partial charge >= 0.3 is 6.09 Å². The van der Waals surface area contributed by atoms with Crippen molar-refractivity contribution in [3.8, 4) is 34.0 Å². The minimum Gasteiger partial charge on any atom is -0.457 e. The molecule has 2 saturated heterocycles. The number of carbonyl (C=O) groups is 3. The van der Waals surface area contributed by atoms with Gasteiger partial charge in [0.15, 0.2) is 0 Å². The molecule has 3 aromatic carbocycles. The van der Waals surface area contributed by atoms with Crippen LogP contribution >= 0.6 is 0 Å². The lowest BCUT2D eigenvalue weighted by Crippen LogP contribution is -2.52. The molecule has 0 radical (unpaired) electrons. The fourth-order valence-corrected chi connectivity index (χ4v) is 11.6. The molecule has 0 bridgehead atoms. The number of carbonyl (C=O) groups excluding carboxylic acids is 3. The Morgan fingerprint density at radius 3 is 2.15 bits per heavy atom. The average molecular weight is 831 g/mol. The van der Waals surface area contributed by atoms with Crippen molar-refractivity contribution >= 4 is 26.0 Å². The first-order valence-electron chi connectivity index (χ1n) is 21.1. The molecule has 3 N–H and O–H groups in total. The van der Waals surface area contributed by atoms with Crippen molar-refractivity contribution in [3.63, 3.8) is 0 Å². The van der Waals surface area contributed by atoms with Crippen LogP contribution in [0.1, 0.15) is 75.9 Å². The third kappa shape index (κ3) is 9.19. The van der Waals surface area contributed by atoms with Crippen molar-refractivity contribution in [2.45, 2.75) is 83.8 Å². The van der Waals surface area contributed by atoms with Gasteiger partial charge in [-0.3, -0.25) is 14.5 Å². The van der Waals surface area contributed by atoms with E-state index in [0.717, 1.165) is 71.7 Å². The molecule has 0 unspecified atom stereocenters. The molecule has 2 aromatic heterocycles. The molecule has 4 heterocycles. The Kier molecular flexibility index (Phi) is 12.9. The zero-order chi connectivity index (χ0) is 42.6. The molecule has 4 atom stereocenters. The van der Waals surface area contributed by atoms with Gasteiger partial charge < -0.3 is 34.6 Å². The van der Waals surface area contributed by atoms with Crippen LogP contribution in [0.3, 0.4) is 0 Å². The first-order chi connectivity index (χ1) is 28.9. The Morgan fingerprint density at radius 2 is 1.50 bits per heavy atom. The number of methoxy groups -OCH3 is 1. The Morgan fingerprint density at radius 1 is 0.833 bits per heavy atom. The van der Waals surface area contributed by atoms with E-state index in [1.54, 1.807) is 6.20 Å². The SMILES string of the molecule is CCN(CC)[C@@H](C(=O)N1CCC[C@H]1c1ncc(-c2ccc(Oc3cccc(-c4cnc([C@@H]5C[Si](C)(C)CN5C(=O)[C@@H](NC(=O)OC)C(C)C)[nH]4)c3)cc2)[nH]1)c1ccccc1. The molecule has 2 aliphatic heterocycles. The quantitative estimate of drug-likeness (QED) is 0.0944. The summed E-state index contributed by atoms with van der Waals surface area (Å²) >= 11 is 0. The van der Waals surface area contributed by atoms with E-state index in [4.69, 9.17) is 19.4 Å². The Balaban J connectivity index is 1.02. The van der Waals surface area contributed by atoms with Crippen molar-refractivity contribution in [1.82, 2.24) is 40.0 Å². The predicted octanol–water partition coefficient (Wildman–Crippen LogP) is 8.52. The van der Waals surface area contributed by atoms with Gasteiger partial charge in [0.1, 0.15) is 35.2 Å². The molecular formula is C46H58N8O5Si. The van der Waals surface area contributed by atoms with Crippen molar-refractivity contribution in [1.29, 1.82) is 0 Å². The van der Waals surface area contributed by atoms with E-state index in [9.17, 15) is 14.4 Å². The summed E-state index contributed by atoms with van der Waals surface area (Å²) in [6.45, 7) is 14.9. The predicted molar refractivity (Wildman–Crippen MR) is 235 cm³/mol. The van der Waals surface area contributed by atoms with Crippen LogP contribution < -0.4 is 10.1 Å². The number of aromatic amines is 2. The smallest absolute Gasteiger partial charge is 0.407 e. The second-order valence-corrected chi connectivity index (χ2v) is 22.0. The number of imidazole rings is 2. The Labute approximate surface area is 353 Å². The highest BCUT2D eigenvalue weighted by molar-refractivity contribution is 6.78. The van der Waals surface area contributed by atoms with Gasteiger partial charge in [-0.05, 0) is 85.4 Å². The van der Waals surface area contributed by atoms with Gasteiger partial charge in [0.2, 0.25) is 11.8 Å². The van der Waals surface area contributed by atoms with E-state index in [1.165, 1.54) is 7.11 Å². The number of aromatic nitrogens is 4. The maximum Gasteiger partial charge on any atom is 0.407 e.